The molecule has 27 heavy (non-hydrogen) atoms. The summed E-state index contributed by atoms with van der Waals surface area (Å²) in [6, 6.07) is 6.42. The number of nitrogens with zero attached hydrogens (tertiary/aromatic N) is 2. The van der Waals surface area contributed by atoms with Crippen LogP contribution in [0.5, 0.6) is 0 Å². The highest BCUT2D eigenvalue weighted by Crippen LogP contribution is 2.29. The van der Waals surface area contributed by atoms with E-state index in [4.69, 9.17) is 4.74 Å². The van der Waals surface area contributed by atoms with E-state index in [0.29, 0.717) is 18.5 Å². The van der Waals surface area contributed by atoms with Crippen molar-refractivity contribution in [2.45, 2.75) is 51.1 Å². The number of hydrogen-bond acceptors (Lipinski definition) is 4. The molecule has 1 aliphatic heterocycles. The highest BCUT2D eigenvalue weighted by Gasteiger charge is 2.33. The second-order valence-electron chi connectivity index (χ2n) is 7.13. The molecule has 0 unspecified atom stereocenters. The third-order valence-electron chi connectivity index (χ3n) is 4.95. The molecular formula is C20H25FN2O4. The normalized spacial score (nSPS) is 17.4. The smallest absolute Gasteiger partial charge is 0.326 e. The fraction of sp³-hybridized carbons (Fsp3) is 0.550. The van der Waals surface area contributed by atoms with Gasteiger partial charge in [0.05, 0.1) is 0 Å². The van der Waals surface area contributed by atoms with Crippen LogP contribution in [0.1, 0.15) is 44.1 Å². The molecule has 1 aromatic rings. The summed E-state index contributed by atoms with van der Waals surface area (Å²) in [7, 11) is 0. The van der Waals surface area contributed by atoms with Crippen molar-refractivity contribution in [3.05, 3.63) is 35.6 Å². The fourth-order valence-electron chi connectivity index (χ4n) is 3.25. The summed E-state index contributed by atoms with van der Waals surface area (Å²) in [6.07, 6.45) is 4.88. The molecule has 146 valence electrons. The Labute approximate surface area is 158 Å². The minimum Gasteiger partial charge on any atom is -0.454 e. The van der Waals surface area contributed by atoms with Gasteiger partial charge in [-0.1, -0.05) is 24.6 Å². The van der Waals surface area contributed by atoms with Crippen molar-refractivity contribution in [1.82, 2.24) is 9.80 Å². The quantitative estimate of drug-likeness (QED) is 0.685. The van der Waals surface area contributed by atoms with Crippen LogP contribution in [-0.2, 0) is 25.7 Å². The van der Waals surface area contributed by atoms with E-state index in [1.54, 1.807) is 23.1 Å². The fourth-order valence-corrected chi connectivity index (χ4v) is 3.25. The number of amides is 2. The molecule has 0 N–H and O–H groups in total. The largest absolute Gasteiger partial charge is 0.454 e. The first kappa shape index (κ1) is 19.3. The standard InChI is InChI=1S/C20H25FN2O4/c21-17-7-4-3-6-15(17)12-23(16-9-10-16)19(25)14-27-20(26)13-22-11-5-1-2-8-18(22)24/h3-4,6-7,16H,1-2,5,8-14H2. The van der Waals surface area contributed by atoms with Gasteiger partial charge in [0.15, 0.2) is 6.61 Å². The molecule has 1 aliphatic carbocycles. The molecule has 1 heterocycles. The van der Waals surface area contributed by atoms with Crippen LogP contribution in [0.2, 0.25) is 0 Å². The summed E-state index contributed by atoms with van der Waals surface area (Å²) in [6.45, 7) is 0.205. The summed E-state index contributed by atoms with van der Waals surface area (Å²) in [5.41, 5.74) is 0.444. The molecule has 0 atom stereocenters. The Bertz CT molecular complexity index is 705. The van der Waals surface area contributed by atoms with Crippen LogP contribution in [0.4, 0.5) is 4.39 Å². The van der Waals surface area contributed by atoms with Gasteiger partial charge in [-0.25, -0.2) is 4.39 Å². The third kappa shape index (κ3) is 5.52. The van der Waals surface area contributed by atoms with Crippen LogP contribution in [0.3, 0.4) is 0 Å². The second kappa shape index (κ2) is 8.97. The first-order chi connectivity index (χ1) is 13.0. The van der Waals surface area contributed by atoms with Crippen molar-refractivity contribution in [2.24, 2.45) is 0 Å². The van der Waals surface area contributed by atoms with E-state index in [1.807, 2.05) is 0 Å². The SMILES string of the molecule is O=C(CN1CCCCCC1=O)OCC(=O)N(Cc1ccccc1F)C1CC1. The molecule has 2 fully saturated rings. The first-order valence-corrected chi connectivity index (χ1v) is 9.51. The number of ether oxygens (including phenoxy) is 1. The van der Waals surface area contributed by atoms with Crippen LogP contribution in [-0.4, -0.2) is 53.3 Å². The Morgan fingerprint density at radius 2 is 1.96 bits per heavy atom. The predicted molar refractivity (Wildman–Crippen MR) is 96.0 cm³/mol. The Morgan fingerprint density at radius 3 is 2.70 bits per heavy atom. The summed E-state index contributed by atoms with van der Waals surface area (Å²) >= 11 is 0. The molecule has 2 amide bonds. The van der Waals surface area contributed by atoms with Gasteiger partial charge in [-0.3, -0.25) is 14.4 Å². The summed E-state index contributed by atoms with van der Waals surface area (Å²) in [5, 5.41) is 0. The maximum atomic E-state index is 13.9. The molecule has 0 bridgehead atoms. The van der Waals surface area contributed by atoms with Crippen LogP contribution >= 0.6 is 0 Å². The Morgan fingerprint density at radius 1 is 1.19 bits per heavy atom. The van der Waals surface area contributed by atoms with E-state index in [2.05, 4.69) is 0 Å². The maximum absolute atomic E-state index is 13.9. The van der Waals surface area contributed by atoms with Crippen molar-refractivity contribution in [1.29, 1.82) is 0 Å². The minimum absolute atomic E-state index is 0.0464. The number of carbonyl (C=O) groups is 3. The Balaban J connectivity index is 1.51. The van der Waals surface area contributed by atoms with Gasteiger partial charge in [0.2, 0.25) is 5.91 Å². The third-order valence-corrected chi connectivity index (χ3v) is 4.95. The van der Waals surface area contributed by atoms with Gasteiger partial charge < -0.3 is 14.5 Å². The minimum atomic E-state index is -0.583. The molecule has 1 saturated heterocycles. The first-order valence-electron chi connectivity index (χ1n) is 9.51. The van der Waals surface area contributed by atoms with Gasteiger partial charge in [-0.2, -0.15) is 0 Å². The van der Waals surface area contributed by atoms with Crippen molar-refractivity contribution in [3.63, 3.8) is 0 Å². The number of halogens is 1. The molecule has 7 heteroatoms. The molecule has 0 radical (unpaired) electrons. The number of rotatable bonds is 7. The lowest BCUT2D eigenvalue weighted by atomic mass is 10.2. The monoisotopic (exact) mass is 376 g/mol. The number of likely N-dealkylation sites (tertiary alicyclic amines) is 1. The molecule has 1 saturated carbocycles. The van der Waals surface area contributed by atoms with Crippen molar-refractivity contribution in [3.8, 4) is 0 Å². The number of carbonyl (C=O) groups excluding carboxylic acids is 3. The van der Waals surface area contributed by atoms with Crippen molar-refractivity contribution < 1.29 is 23.5 Å². The number of hydrogen-bond donors (Lipinski definition) is 0. The summed E-state index contributed by atoms with van der Waals surface area (Å²) < 4.78 is 19.0. The zero-order chi connectivity index (χ0) is 19.2. The number of benzene rings is 1. The zero-order valence-electron chi connectivity index (χ0n) is 15.4. The average molecular weight is 376 g/mol. The van der Waals surface area contributed by atoms with E-state index in [9.17, 15) is 18.8 Å². The van der Waals surface area contributed by atoms with Gasteiger partial charge in [-0.15, -0.1) is 0 Å². The second-order valence-corrected chi connectivity index (χ2v) is 7.13. The topological polar surface area (TPSA) is 66.9 Å². The molecule has 2 aliphatic rings. The highest BCUT2D eigenvalue weighted by molar-refractivity contribution is 5.84. The van der Waals surface area contributed by atoms with E-state index >= 15 is 0 Å². The lowest BCUT2D eigenvalue weighted by molar-refractivity contribution is -0.155. The van der Waals surface area contributed by atoms with E-state index in [0.717, 1.165) is 32.1 Å². The Hall–Kier alpha value is -2.44. The average Bonchev–Trinajstić information content (AvgIpc) is 3.49. The molecule has 3 rings (SSSR count). The number of esters is 1. The Kier molecular flexibility index (Phi) is 6.42. The van der Waals surface area contributed by atoms with Gasteiger partial charge >= 0.3 is 5.97 Å². The van der Waals surface area contributed by atoms with Crippen molar-refractivity contribution in [2.75, 3.05) is 19.7 Å². The lowest BCUT2D eigenvalue weighted by Gasteiger charge is -2.23. The van der Waals surface area contributed by atoms with Gasteiger partial charge in [0.1, 0.15) is 12.4 Å². The van der Waals surface area contributed by atoms with E-state index < -0.39 is 5.97 Å². The van der Waals surface area contributed by atoms with Gasteiger partial charge in [0, 0.05) is 31.1 Å². The summed E-state index contributed by atoms with van der Waals surface area (Å²) in [5.74, 6) is -1.32. The summed E-state index contributed by atoms with van der Waals surface area (Å²) in [4.78, 5) is 39.6. The molecular weight excluding hydrogens is 351 g/mol. The zero-order valence-corrected chi connectivity index (χ0v) is 15.4. The predicted octanol–water partition coefficient (Wildman–Crippen LogP) is 2.26. The van der Waals surface area contributed by atoms with Crippen LogP contribution in [0, 0.1) is 5.82 Å². The molecule has 0 aromatic heterocycles. The molecule has 6 nitrogen and oxygen atoms in total. The molecule has 0 spiro atoms. The van der Waals surface area contributed by atoms with Gasteiger partial charge in [0.25, 0.3) is 5.91 Å². The van der Waals surface area contributed by atoms with Crippen LogP contribution in [0.25, 0.3) is 0 Å². The van der Waals surface area contributed by atoms with E-state index in [-0.39, 0.29) is 43.4 Å². The maximum Gasteiger partial charge on any atom is 0.326 e. The van der Waals surface area contributed by atoms with Crippen molar-refractivity contribution >= 4 is 17.8 Å². The van der Waals surface area contributed by atoms with Crippen LogP contribution < -0.4 is 0 Å². The lowest BCUT2D eigenvalue weighted by Crippen LogP contribution is -2.39. The van der Waals surface area contributed by atoms with Crippen LogP contribution in [0.15, 0.2) is 24.3 Å². The van der Waals surface area contributed by atoms with Gasteiger partial charge in [-0.05, 0) is 31.7 Å². The highest BCUT2D eigenvalue weighted by atomic mass is 19.1. The molecule has 1 aromatic carbocycles. The van der Waals surface area contributed by atoms with E-state index in [1.165, 1.54) is 11.0 Å².